The summed E-state index contributed by atoms with van der Waals surface area (Å²) in [5, 5.41) is 2.71. The average Bonchev–Trinajstić information content (AvgIpc) is 2.20. The van der Waals surface area contributed by atoms with Crippen molar-refractivity contribution >= 4 is 11.9 Å². The van der Waals surface area contributed by atoms with Gasteiger partial charge in [0.25, 0.3) is 0 Å². The third-order valence-corrected chi connectivity index (χ3v) is 2.72. The first-order chi connectivity index (χ1) is 8.26. The van der Waals surface area contributed by atoms with Gasteiger partial charge in [-0.25, -0.2) is 4.79 Å². The van der Waals surface area contributed by atoms with Gasteiger partial charge in [0.1, 0.15) is 11.4 Å². The highest BCUT2D eigenvalue weighted by atomic mass is 16.6. The monoisotopic (exact) mass is 257 g/mol. The molecule has 1 amide bonds. The Morgan fingerprint density at radius 3 is 2.28 bits per heavy atom. The van der Waals surface area contributed by atoms with E-state index in [4.69, 9.17) is 4.74 Å². The number of alkyl carbamates (subject to hydrolysis) is 1. The van der Waals surface area contributed by atoms with Gasteiger partial charge in [0.15, 0.2) is 0 Å². The molecular formula is C14H27NO3. The van der Waals surface area contributed by atoms with E-state index in [2.05, 4.69) is 5.32 Å². The van der Waals surface area contributed by atoms with E-state index in [-0.39, 0.29) is 17.8 Å². The van der Waals surface area contributed by atoms with Gasteiger partial charge >= 0.3 is 6.09 Å². The van der Waals surface area contributed by atoms with Crippen LogP contribution in [-0.4, -0.2) is 24.0 Å². The predicted octanol–water partition coefficient (Wildman–Crippen LogP) is 3.30. The highest BCUT2D eigenvalue weighted by Crippen LogP contribution is 2.13. The minimum Gasteiger partial charge on any atom is -0.444 e. The fraction of sp³-hybridized carbons (Fsp3) is 0.857. The predicted molar refractivity (Wildman–Crippen MR) is 72.5 cm³/mol. The van der Waals surface area contributed by atoms with Gasteiger partial charge in [0, 0.05) is 12.5 Å². The van der Waals surface area contributed by atoms with Crippen molar-refractivity contribution in [2.75, 3.05) is 6.54 Å². The molecule has 0 spiro atoms. The van der Waals surface area contributed by atoms with Crippen LogP contribution < -0.4 is 5.32 Å². The summed E-state index contributed by atoms with van der Waals surface area (Å²) in [4.78, 5) is 22.5. The summed E-state index contributed by atoms with van der Waals surface area (Å²) in [6.07, 6.45) is 3.26. The standard InChI is InChI=1S/C14H27NO3/c1-6-12(11(2)16)9-7-8-10-15-13(17)18-14(3,4)5/h12H,6-10H2,1-5H3,(H,15,17). The molecule has 0 saturated carbocycles. The van der Waals surface area contributed by atoms with Gasteiger partial charge in [-0.15, -0.1) is 0 Å². The molecule has 0 aliphatic rings. The van der Waals surface area contributed by atoms with Crippen molar-refractivity contribution in [1.29, 1.82) is 0 Å². The van der Waals surface area contributed by atoms with E-state index in [1.807, 2.05) is 27.7 Å². The highest BCUT2D eigenvalue weighted by molar-refractivity contribution is 5.78. The van der Waals surface area contributed by atoms with E-state index in [9.17, 15) is 9.59 Å². The summed E-state index contributed by atoms with van der Waals surface area (Å²) >= 11 is 0. The molecule has 18 heavy (non-hydrogen) atoms. The lowest BCUT2D eigenvalue weighted by Gasteiger charge is -2.19. The minimum atomic E-state index is -0.452. The summed E-state index contributed by atoms with van der Waals surface area (Å²) in [7, 11) is 0. The average molecular weight is 257 g/mol. The third kappa shape index (κ3) is 9.02. The van der Waals surface area contributed by atoms with Crippen LogP contribution in [0.15, 0.2) is 0 Å². The van der Waals surface area contributed by atoms with Crippen LogP contribution in [0.25, 0.3) is 0 Å². The molecule has 0 bridgehead atoms. The van der Waals surface area contributed by atoms with Crippen LogP contribution in [0.4, 0.5) is 4.79 Å². The molecule has 0 aromatic carbocycles. The van der Waals surface area contributed by atoms with Gasteiger partial charge in [-0.3, -0.25) is 4.79 Å². The van der Waals surface area contributed by atoms with Crippen LogP contribution in [0.1, 0.15) is 60.3 Å². The molecule has 0 saturated heterocycles. The summed E-state index contributed by atoms with van der Waals surface area (Å²) in [5.74, 6) is 0.434. The van der Waals surface area contributed by atoms with Crippen molar-refractivity contribution in [1.82, 2.24) is 5.32 Å². The molecule has 4 nitrogen and oxygen atoms in total. The lowest BCUT2D eigenvalue weighted by Crippen LogP contribution is -2.33. The maximum atomic E-state index is 11.3. The van der Waals surface area contributed by atoms with Crippen molar-refractivity contribution in [2.45, 2.75) is 65.9 Å². The number of nitrogens with one attached hydrogen (secondary N) is 1. The van der Waals surface area contributed by atoms with Crippen molar-refractivity contribution in [3.63, 3.8) is 0 Å². The molecule has 1 unspecified atom stereocenters. The number of unbranched alkanes of at least 4 members (excludes halogenated alkanes) is 1. The molecule has 0 heterocycles. The van der Waals surface area contributed by atoms with Crippen LogP contribution >= 0.6 is 0 Å². The lowest BCUT2D eigenvalue weighted by atomic mass is 9.96. The topological polar surface area (TPSA) is 55.4 Å². The molecule has 0 aromatic rings. The molecule has 1 N–H and O–H groups in total. The number of amides is 1. The van der Waals surface area contributed by atoms with Crippen molar-refractivity contribution in [2.24, 2.45) is 5.92 Å². The van der Waals surface area contributed by atoms with Crippen molar-refractivity contribution in [3.05, 3.63) is 0 Å². The smallest absolute Gasteiger partial charge is 0.407 e. The van der Waals surface area contributed by atoms with Crippen LogP contribution in [0.3, 0.4) is 0 Å². The minimum absolute atomic E-state index is 0.173. The van der Waals surface area contributed by atoms with Crippen molar-refractivity contribution in [3.8, 4) is 0 Å². The summed E-state index contributed by atoms with van der Waals surface area (Å²) in [6.45, 7) is 9.79. The number of carbonyl (C=O) groups is 2. The number of carbonyl (C=O) groups excluding carboxylic acids is 2. The van der Waals surface area contributed by atoms with Gasteiger partial charge in [-0.05, 0) is 47.0 Å². The first-order valence-corrected chi connectivity index (χ1v) is 6.73. The van der Waals surface area contributed by atoms with E-state index in [0.717, 1.165) is 25.7 Å². The zero-order valence-corrected chi connectivity index (χ0v) is 12.3. The largest absolute Gasteiger partial charge is 0.444 e. The Labute approximate surface area is 110 Å². The van der Waals surface area contributed by atoms with Crippen molar-refractivity contribution < 1.29 is 14.3 Å². The molecule has 0 rings (SSSR count). The Kier molecular flexibility index (Phi) is 7.64. The number of hydrogen-bond acceptors (Lipinski definition) is 3. The second-order valence-electron chi connectivity index (χ2n) is 5.64. The van der Waals surface area contributed by atoms with Crippen LogP contribution in [0.2, 0.25) is 0 Å². The second kappa shape index (κ2) is 8.11. The molecule has 0 aliphatic carbocycles. The van der Waals surface area contributed by atoms with E-state index < -0.39 is 5.60 Å². The van der Waals surface area contributed by atoms with Gasteiger partial charge in [-0.2, -0.15) is 0 Å². The number of ether oxygens (including phenoxy) is 1. The van der Waals surface area contributed by atoms with Gasteiger partial charge in [0.2, 0.25) is 0 Å². The number of ketones is 1. The Morgan fingerprint density at radius 1 is 1.22 bits per heavy atom. The van der Waals surface area contributed by atoms with Gasteiger partial charge in [0.05, 0.1) is 0 Å². The molecule has 0 aliphatic heterocycles. The molecule has 0 radical (unpaired) electrons. The SMILES string of the molecule is CCC(CCCCNC(=O)OC(C)(C)C)C(C)=O. The van der Waals surface area contributed by atoms with Gasteiger partial charge < -0.3 is 10.1 Å². The number of rotatable bonds is 7. The van der Waals surface area contributed by atoms with Crippen LogP contribution in [-0.2, 0) is 9.53 Å². The molecule has 0 fully saturated rings. The van der Waals surface area contributed by atoms with Crippen LogP contribution in [0, 0.1) is 5.92 Å². The summed E-state index contributed by atoms with van der Waals surface area (Å²) < 4.78 is 5.12. The fourth-order valence-corrected chi connectivity index (χ4v) is 1.72. The lowest BCUT2D eigenvalue weighted by molar-refractivity contribution is -0.121. The van der Waals surface area contributed by atoms with E-state index in [1.165, 1.54) is 0 Å². The van der Waals surface area contributed by atoms with Crippen LogP contribution in [0.5, 0.6) is 0 Å². The zero-order chi connectivity index (χ0) is 14.2. The molecule has 4 heteroatoms. The Hall–Kier alpha value is -1.06. The normalized spacial score (nSPS) is 12.9. The molecule has 106 valence electrons. The zero-order valence-electron chi connectivity index (χ0n) is 12.3. The van der Waals surface area contributed by atoms with Gasteiger partial charge in [-0.1, -0.05) is 13.3 Å². The fourth-order valence-electron chi connectivity index (χ4n) is 1.72. The Morgan fingerprint density at radius 2 is 1.83 bits per heavy atom. The Bertz CT molecular complexity index is 269. The first-order valence-electron chi connectivity index (χ1n) is 6.73. The maximum Gasteiger partial charge on any atom is 0.407 e. The quantitative estimate of drug-likeness (QED) is 0.712. The third-order valence-electron chi connectivity index (χ3n) is 2.72. The molecule has 0 aromatic heterocycles. The highest BCUT2D eigenvalue weighted by Gasteiger charge is 2.15. The number of Topliss-reactive ketones (excluding diaryl/α,β-unsaturated/α-hetero) is 1. The van der Waals surface area contributed by atoms with E-state index in [0.29, 0.717) is 6.54 Å². The summed E-state index contributed by atoms with van der Waals surface area (Å²) in [5.41, 5.74) is -0.452. The van der Waals surface area contributed by atoms with E-state index in [1.54, 1.807) is 6.92 Å². The van der Waals surface area contributed by atoms with E-state index >= 15 is 0 Å². The molecule has 1 atom stereocenters. The maximum absolute atomic E-state index is 11.3. The second-order valence-corrected chi connectivity index (χ2v) is 5.64. The number of hydrogen-bond donors (Lipinski definition) is 1. The first kappa shape index (κ1) is 16.9. The summed E-state index contributed by atoms with van der Waals surface area (Å²) in [6, 6.07) is 0. The molecular weight excluding hydrogens is 230 g/mol. The Balaban J connectivity index is 3.62.